The van der Waals surface area contributed by atoms with E-state index in [1.807, 2.05) is 42.5 Å². The Labute approximate surface area is 392 Å². The van der Waals surface area contributed by atoms with Crippen LogP contribution in [0.25, 0.3) is 123 Å². The predicted octanol–water partition coefficient (Wildman–Crippen LogP) is 15.5. The largest absolute Gasteiger partial charge is 0.307 e. The van der Waals surface area contributed by atoms with Crippen molar-refractivity contribution in [3.63, 3.8) is 0 Å². The van der Waals surface area contributed by atoms with Gasteiger partial charge >= 0.3 is 0 Å². The number of nitrogens with zero attached hydrogens (tertiary/aromatic N) is 6. The summed E-state index contributed by atoms with van der Waals surface area (Å²) in [6.45, 7) is 0. The first-order valence-electron chi connectivity index (χ1n) is 22.9. The van der Waals surface area contributed by atoms with Crippen molar-refractivity contribution < 1.29 is 0 Å². The summed E-state index contributed by atoms with van der Waals surface area (Å²) in [5.74, 6) is 1.77. The van der Waals surface area contributed by atoms with Gasteiger partial charge in [-0.05, 0) is 58.7 Å². The molecule has 13 rings (SSSR count). The molecule has 9 aromatic carbocycles. The molecule has 0 saturated carbocycles. The van der Waals surface area contributed by atoms with Crippen molar-refractivity contribution in [2.24, 2.45) is 0 Å². The fraction of sp³-hybridized carbons (Fsp3) is 0. The van der Waals surface area contributed by atoms with E-state index in [0.717, 1.165) is 94.1 Å². The maximum Gasteiger partial charge on any atom is 0.238 e. The van der Waals surface area contributed by atoms with E-state index in [1.54, 1.807) is 0 Å². The Bertz CT molecular complexity index is 3930. The van der Waals surface area contributed by atoms with Crippen LogP contribution in [0.1, 0.15) is 0 Å². The SMILES string of the molecule is c1ccc(-c2ccc(-c3cc(-c4ccccc4)nc(-c4cccc(-n5c6ccccc6c6ccc7c8ccccc8n(-c8nc(-c9ccccc9)nc(-c9ccccc9)n8)c7c65)c4)c3)cc2)cc1. The Morgan fingerprint density at radius 2 is 0.676 bits per heavy atom. The van der Waals surface area contributed by atoms with E-state index >= 15 is 0 Å². The summed E-state index contributed by atoms with van der Waals surface area (Å²) in [6.07, 6.45) is 0. The molecule has 0 fully saturated rings. The van der Waals surface area contributed by atoms with Crippen molar-refractivity contribution >= 4 is 43.6 Å². The molecule has 0 saturated heterocycles. The molecule has 13 aromatic rings. The second-order valence-corrected chi connectivity index (χ2v) is 17.1. The van der Waals surface area contributed by atoms with Gasteiger partial charge < -0.3 is 4.57 Å². The minimum atomic E-state index is 0.549. The second kappa shape index (κ2) is 16.3. The summed E-state index contributed by atoms with van der Waals surface area (Å²) >= 11 is 0. The van der Waals surface area contributed by atoms with E-state index in [1.165, 1.54) is 11.1 Å². The highest BCUT2D eigenvalue weighted by Crippen LogP contribution is 2.42. The average Bonchev–Trinajstić information content (AvgIpc) is 3.95. The van der Waals surface area contributed by atoms with Crippen LogP contribution >= 0.6 is 0 Å². The van der Waals surface area contributed by atoms with Crippen LogP contribution in [0.15, 0.2) is 243 Å². The Hall–Kier alpha value is -9.26. The number of fused-ring (bicyclic) bond motifs is 7. The van der Waals surface area contributed by atoms with Crippen LogP contribution in [0.5, 0.6) is 0 Å². The van der Waals surface area contributed by atoms with Gasteiger partial charge in [0, 0.05) is 49.5 Å². The van der Waals surface area contributed by atoms with Crippen LogP contribution < -0.4 is 0 Å². The molecule has 318 valence electrons. The van der Waals surface area contributed by atoms with Crippen LogP contribution in [-0.2, 0) is 0 Å². The number of para-hydroxylation sites is 2. The zero-order valence-corrected chi connectivity index (χ0v) is 36.8. The lowest BCUT2D eigenvalue weighted by Crippen LogP contribution is -2.07. The topological polar surface area (TPSA) is 61.4 Å². The van der Waals surface area contributed by atoms with E-state index in [2.05, 4.69) is 209 Å². The zero-order chi connectivity index (χ0) is 45.0. The monoisotopic (exact) mass is 868 g/mol. The van der Waals surface area contributed by atoms with Crippen molar-refractivity contribution in [3.05, 3.63) is 243 Å². The summed E-state index contributed by atoms with van der Waals surface area (Å²) in [6, 6.07) is 85.2. The van der Waals surface area contributed by atoms with Crippen molar-refractivity contribution in [2.45, 2.75) is 0 Å². The Morgan fingerprint density at radius 1 is 0.250 bits per heavy atom. The maximum atomic E-state index is 5.37. The van der Waals surface area contributed by atoms with Gasteiger partial charge in [0.25, 0.3) is 0 Å². The molecule has 0 spiro atoms. The lowest BCUT2D eigenvalue weighted by Gasteiger charge is -2.14. The molecule has 6 nitrogen and oxygen atoms in total. The van der Waals surface area contributed by atoms with Gasteiger partial charge in [-0.15, -0.1) is 0 Å². The van der Waals surface area contributed by atoms with Crippen molar-refractivity contribution in [1.82, 2.24) is 29.1 Å². The Kier molecular flexibility index (Phi) is 9.39. The van der Waals surface area contributed by atoms with Gasteiger partial charge in [-0.25, -0.2) is 9.97 Å². The predicted molar refractivity (Wildman–Crippen MR) is 279 cm³/mol. The maximum absolute atomic E-state index is 5.37. The van der Waals surface area contributed by atoms with E-state index in [4.69, 9.17) is 19.9 Å². The van der Waals surface area contributed by atoms with Gasteiger partial charge in [0.05, 0.1) is 33.5 Å². The van der Waals surface area contributed by atoms with E-state index in [9.17, 15) is 0 Å². The van der Waals surface area contributed by atoms with Crippen molar-refractivity contribution in [2.75, 3.05) is 0 Å². The molecule has 6 heteroatoms. The molecule has 4 heterocycles. The molecule has 0 unspecified atom stereocenters. The molecule has 0 aliphatic heterocycles. The highest BCUT2D eigenvalue weighted by Gasteiger charge is 2.24. The smallest absolute Gasteiger partial charge is 0.238 e. The molecule has 0 N–H and O–H groups in total. The first-order chi connectivity index (χ1) is 33.7. The summed E-state index contributed by atoms with van der Waals surface area (Å²) in [4.78, 5) is 21.0. The molecule has 0 aliphatic rings. The van der Waals surface area contributed by atoms with Crippen LogP contribution in [0.4, 0.5) is 0 Å². The lowest BCUT2D eigenvalue weighted by molar-refractivity contribution is 0.953. The molecule has 68 heavy (non-hydrogen) atoms. The number of pyridine rings is 1. The molecule has 0 radical (unpaired) electrons. The molecule has 4 aromatic heterocycles. The third-order valence-corrected chi connectivity index (χ3v) is 13.0. The number of benzene rings is 9. The fourth-order valence-electron chi connectivity index (χ4n) is 9.77. The minimum Gasteiger partial charge on any atom is -0.307 e. The fourth-order valence-corrected chi connectivity index (χ4v) is 9.77. The van der Waals surface area contributed by atoms with Gasteiger partial charge in [0.1, 0.15) is 0 Å². The standard InChI is InChI=1S/C62H40N6/c1-5-18-41(19-6-1)42-32-34-43(35-33-42)48-39-54(44-20-7-2-8-21-44)63-55(40-48)47-26-17-27-49(38-47)67-56-30-15-13-28-50(56)52-36-37-53-51-29-14-16-31-57(51)68(59(53)58(52)67)62-65-60(45-22-9-3-10-23-45)64-61(66-62)46-24-11-4-12-25-46/h1-40H. The molecular formula is C62H40N6. The van der Waals surface area contributed by atoms with Gasteiger partial charge in [0.2, 0.25) is 5.95 Å². The van der Waals surface area contributed by atoms with Crippen molar-refractivity contribution in [3.8, 4) is 79.2 Å². The summed E-state index contributed by atoms with van der Waals surface area (Å²) in [7, 11) is 0. The summed E-state index contributed by atoms with van der Waals surface area (Å²) in [5.41, 5.74) is 15.5. The second-order valence-electron chi connectivity index (χ2n) is 17.1. The third-order valence-electron chi connectivity index (χ3n) is 13.0. The third kappa shape index (κ3) is 6.74. The minimum absolute atomic E-state index is 0.549. The molecule has 0 aliphatic carbocycles. The highest BCUT2D eigenvalue weighted by molar-refractivity contribution is 6.23. The van der Waals surface area contributed by atoms with Crippen molar-refractivity contribution in [1.29, 1.82) is 0 Å². The van der Waals surface area contributed by atoms with Crippen LogP contribution in [0.3, 0.4) is 0 Å². The number of aromatic nitrogens is 6. The van der Waals surface area contributed by atoms with Gasteiger partial charge in [-0.2, -0.15) is 9.97 Å². The first-order valence-corrected chi connectivity index (χ1v) is 22.9. The van der Waals surface area contributed by atoms with Gasteiger partial charge in [-0.3, -0.25) is 4.57 Å². The molecular weight excluding hydrogens is 829 g/mol. The zero-order valence-electron chi connectivity index (χ0n) is 36.8. The van der Waals surface area contributed by atoms with Crippen LogP contribution in [0.2, 0.25) is 0 Å². The average molecular weight is 869 g/mol. The van der Waals surface area contributed by atoms with Crippen LogP contribution in [0, 0.1) is 0 Å². The van der Waals surface area contributed by atoms with E-state index in [0.29, 0.717) is 17.6 Å². The number of rotatable bonds is 8. The highest BCUT2D eigenvalue weighted by atomic mass is 15.2. The van der Waals surface area contributed by atoms with E-state index in [-0.39, 0.29) is 0 Å². The van der Waals surface area contributed by atoms with Crippen LogP contribution in [-0.4, -0.2) is 29.1 Å². The summed E-state index contributed by atoms with van der Waals surface area (Å²) in [5, 5.41) is 4.51. The lowest BCUT2D eigenvalue weighted by atomic mass is 9.97. The van der Waals surface area contributed by atoms with Gasteiger partial charge in [-0.1, -0.05) is 206 Å². The normalized spacial score (nSPS) is 11.5. The van der Waals surface area contributed by atoms with E-state index < -0.39 is 0 Å². The quantitative estimate of drug-likeness (QED) is 0.153. The Morgan fingerprint density at radius 3 is 1.25 bits per heavy atom. The Balaban J connectivity index is 1.05. The molecule has 0 amide bonds. The molecule has 0 atom stereocenters. The molecule has 0 bridgehead atoms. The number of hydrogen-bond acceptors (Lipinski definition) is 4. The van der Waals surface area contributed by atoms with Gasteiger partial charge in [0.15, 0.2) is 11.6 Å². The first kappa shape index (κ1) is 39.1. The number of hydrogen-bond donors (Lipinski definition) is 0. The summed E-state index contributed by atoms with van der Waals surface area (Å²) < 4.78 is 4.65.